The third kappa shape index (κ3) is 3.83. The third-order valence-corrected chi connectivity index (χ3v) is 6.12. The quantitative estimate of drug-likeness (QED) is 0.808. The number of likely N-dealkylation sites (N-methyl/N-ethyl adjacent to an activating group) is 1. The van der Waals surface area contributed by atoms with Gasteiger partial charge in [-0.2, -0.15) is 0 Å². The molecule has 1 aromatic rings. The Morgan fingerprint density at radius 1 is 1.12 bits per heavy atom. The second kappa shape index (κ2) is 8.30. The average molecular weight is 360 g/mol. The van der Waals surface area contributed by atoms with Crippen molar-refractivity contribution in [1.29, 1.82) is 0 Å². The first-order chi connectivity index (χ1) is 12.5. The van der Waals surface area contributed by atoms with Crippen LogP contribution in [0.2, 0.25) is 0 Å². The first-order valence-electron chi connectivity index (χ1n) is 9.79. The van der Waals surface area contributed by atoms with Gasteiger partial charge in [0.1, 0.15) is 0 Å². The minimum absolute atomic E-state index is 0.0943. The summed E-state index contributed by atoms with van der Waals surface area (Å²) in [6, 6.07) is 4.46. The van der Waals surface area contributed by atoms with Crippen LogP contribution in [-0.4, -0.2) is 55.6 Å². The fourth-order valence-electron chi connectivity index (χ4n) is 4.33. The van der Waals surface area contributed by atoms with Crippen molar-refractivity contribution >= 4 is 5.91 Å². The van der Waals surface area contributed by atoms with Gasteiger partial charge in [0.05, 0.1) is 20.3 Å². The summed E-state index contributed by atoms with van der Waals surface area (Å²) in [7, 11) is 5.32. The average Bonchev–Trinajstić information content (AvgIpc) is 2.71. The minimum Gasteiger partial charge on any atom is -0.493 e. The molecule has 1 atom stereocenters. The number of ether oxygens (including phenoxy) is 2. The lowest BCUT2D eigenvalue weighted by molar-refractivity contribution is -0.138. The zero-order valence-corrected chi connectivity index (χ0v) is 16.6. The smallest absolute Gasteiger partial charge is 0.239 e. The Morgan fingerprint density at radius 2 is 1.73 bits per heavy atom. The van der Waals surface area contributed by atoms with Crippen molar-refractivity contribution in [2.24, 2.45) is 0 Å². The molecule has 0 bridgehead atoms. The number of amides is 1. The number of rotatable bonds is 5. The summed E-state index contributed by atoms with van der Waals surface area (Å²) in [5.41, 5.74) is 2.52. The predicted molar refractivity (Wildman–Crippen MR) is 103 cm³/mol. The number of fused-ring (bicyclic) bond motifs is 1. The molecule has 5 heteroatoms. The summed E-state index contributed by atoms with van der Waals surface area (Å²) >= 11 is 0. The highest BCUT2D eigenvalue weighted by atomic mass is 16.5. The summed E-state index contributed by atoms with van der Waals surface area (Å²) in [5, 5.41) is 0. The summed E-state index contributed by atoms with van der Waals surface area (Å²) < 4.78 is 10.9. The molecule has 0 unspecified atom stereocenters. The van der Waals surface area contributed by atoms with Crippen LogP contribution in [0, 0.1) is 0 Å². The molecular formula is C21H32N2O3. The van der Waals surface area contributed by atoms with Crippen LogP contribution in [0.15, 0.2) is 12.1 Å². The van der Waals surface area contributed by atoms with Gasteiger partial charge in [0.15, 0.2) is 11.5 Å². The van der Waals surface area contributed by atoms with E-state index in [0.29, 0.717) is 6.04 Å². The zero-order chi connectivity index (χ0) is 18.7. The lowest BCUT2D eigenvalue weighted by Crippen LogP contribution is -2.50. The molecule has 1 fully saturated rings. The van der Waals surface area contributed by atoms with Crippen molar-refractivity contribution in [3.05, 3.63) is 23.3 Å². The molecule has 0 aromatic heterocycles. The van der Waals surface area contributed by atoms with Crippen LogP contribution in [0.5, 0.6) is 11.5 Å². The standard InChI is InChI=1S/C21H32N2O3/c1-15(21(24)22(2)18-8-6-5-7-9-18)23-11-10-16-12-19(25-3)20(26-4)13-17(16)14-23/h12-13,15,18H,5-11,14H2,1-4H3/t15-/m1/s1. The summed E-state index contributed by atoms with van der Waals surface area (Å²) in [4.78, 5) is 17.3. The first kappa shape index (κ1) is 19.0. The molecule has 1 heterocycles. The van der Waals surface area contributed by atoms with Gasteiger partial charge in [-0.1, -0.05) is 19.3 Å². The number of carbonyl (C=O) groups excluding carboxylic acids is 1. The van der Waals surface area contributed by atoms with Gasteiger partial charge in [-0.05, 0) is 49.4 Å². The molecule has 0 spiro atoms. The highest BCUT2D eigenvalue weighted by Gasteiger charge is 2.31. The van der Waals surface area contributed by atoms with Gasteiger partial charge in [-0.15, -0.1) is 0 Å². The van der Waals surface area contributed by atoms with Gasteiger partial charge in [0.2, 0.25) is 5.91 Å². The lowest BCUT2D eigenvalue weighted by atomic mass is 9.93. The fourth-order valence-corrected chi connectivity index (χ4v) is 4.33. The number of hydrogen-bond donors (Lipinski definition) is 0. The molecule has 0 saturated heterocycles. The third-order valence-electron chi connectivity index (χ3n) is 6.12. The molecule has 26 heavy (non-hydrogen) atoms. The van der Waals surface area contributed by atoms with E-state index in [1.54, 1.807) is 14.2 Å². The van der Waals surface area contributed by atoms with E-state index >= 15 is 0 Å². The molecular weight excluding hydrogens is 328 g/mol. The van der Waals surface area contributed by atoms with Crippen molar-refractivity contribution in [2.45, 2.75) is 64.1 Å². The number of methoxy groups -OCH3 is 2. The molecule has 0 radical (unpaired) electrons. The van der Waals surface area contributed by atoms with E-state index in [1.165, 1.54) is 30.4 Å². The number of nitrogens with zero attached hydrogens (tertiary/aromatic N) is 2. The Hall–Kier alpha value is -1.75. The monoisotopic (exact) mass is 360 g/mol. The van der Waals surface area contributed by atoms with Crippen LogP contribution in [0.3, 0.4) is 0 Å². The Labute approximate surface area is 157 Å². The molecule has 144 valence electrons. The molecule has 1 aliphatic heterocycles. The van der Waals surface area contributed by atoms with E-state index in [4.69, 9.17) is 9.47 Å². The highest BCUT2D eigenvalue weighted by molar-refractivity contribution is 5.81. The molecule has 1 aliphatic carbocycles. The molecule has 1 saturated carbocycles. The first-order valence-corrected chi connectivity index (χ1v) is 9.79. The number of benzene rings is 1. The number of hydrogen-bond acceptors (Lipinski definition) is 4. The van der Waals surface area contributed by atoms with Gasteiger partial charge >= 0.3 is 0 Å². The van der Waals surface area contributed by atoms with Gasteiger partial charge in [0, 0.05) is 26.2 Å². The van der Waals surface area contributed by atoms with E-state index < -0.39 is 0 Å². The van der Waals surface area contributed by atoms with Crippen molar-refractivity contribution in [1.82, 2.24) is 9.80 Å². The zero-order valence-electron chi connectivity index (χ0n) is 16.6. The number of carbonyl (C=O) groups is 1. The molecule has 0 N–H and O–H groups in total. The maximum Gasteiger partial charge on any atom is 0.239 e. The maximum absolute atomic E-state index is 13.0. The SMILES string of the molecule is COc1cc2c(cc1OC)CN([C@H](C)C(=O)N(C)C1CCCCC1)CC2. The molecule has 5 nitrogen and oxygen atoms in total. The van der Waals surface area contributed by atoms with Crippen molar-refractivity contribution in [2.75, 3.05) is 27.8 Å². The molecule has 3 rings (SSSR count). The highest BCUT2D eigenvalue weighted by Crippen LogP contribution is 2.34. The second-order valence-corrected chi connectivity index (χ2v) is 7.61. The Bertz CT molecular complexity index is 640. The van der Waals surface area contributed by atoms with Crippen LogP contribution in [-0.2, 0) is 17.8 Å². The Kier molecular flexibility index (Phi) is 6.07. The minimum atomic E-state index is -0.0943. The van der Waals surface area contributed by atoms with Gasteiger partial charge < -0.3 is 14.4 Å². The second-order valence-electron chi connectivity index (χ2n) is 7.61. The maximum atomic E-state index is 13.0. The van der Waals surface area contributed by atoms with Crippen LogP contribution >= 0.6 is 0 Å². The van der Waals surface area contributed by atoms with Crippen LogP contribution < -0.4 is 9.47 Å². The van der Waals surface area contributed by atoms with Gasteiger partial charge in [-0.25, -0.2) is 0 Å². The Morgan fingerprint density at radius 3 is 2.35 bits per heavy atom. The van der Waals surface area contributed by atoms with Crippen LogP contribution in [0.25, 0.3) is 0 Å². The van der Waals surface area contributed by atoms with Gasteiger partial charge in [-0.3, -0.25) is 9.69 Å². The molecule has 1 aromatic carbocycles. The molecule has 1 amide bonds. The van der Waals surface area contributed by atoms with Gasteiger partial charge in [0.25, 0.3) is 0 Å². The molecule has 2 aliphatic rings. The van der Waals surface area contributed by atoms with Crippen molar-refractivity contribution in [3.8, 4) is 11.5 Å². The summed E-state index contributed by atoms with van der Waals surface area (Å²) in [6.07, 6.45) is 7.02. The predicted octanol–water partition coefficient (Wildman–Crippen LogP) is 3.24. The normalized spacial score (nSPS) is 19.5. The summed E-state index contributed by atoms with van der Waals surface area (Å²) in [6.45, 7) is 3.72. The van der Waals surface area contributed by atoms with Crippen molar-refractivity contribution in [3.63, 3.8) is 0 Å². The van der Waals surface area contributed by atoms with E-state index in [-0.39, 0.29) is 11.9 Å². The van der Waals surface area contributed by atoms with E-state index in [2.05, 4.69) is 17.0 Å². The van der Waals surface area contributed by atoms with Crippen LogP contribution in [0.1, 0.15) is 50.2 Å². The van der Waals surface area contributed by atoms with E-state index in [9.17, 15) is 4.79 Å². The van der Waals surface area contributed by atoms with Crippen LogP contribution in [0.4, 0.5) is 0 Å². The largest absolute Gasteiger partial charge is 0.493 e. The Balaban J connectivity index is 1.70. The fraction of sp³-hybridized carbons (Fsp3) is 0.667. The topological polar surface area (TPSA) is 42.0 Å². The van der Waals surface area contributed by atoms with Crippen molar-refractivity contribution < 1.29 is 14.3 Å². The van der Waals surface area contributed by atoms with E-state index in [1.807, 2.05) is 18.9 Å². The lowest BCUT2D eigenvalue weighted by Gasteiger charge is -2.38. The summed E-state index contributed by atoms with van der Waals surface area (Å²) in [5.74, 6) is 1.79. The van der Waals surface area contributed by atoms with E-state index in [0.717, 1.165) is 43.9 Å².